The summed E-state index contributed by atoms with van der Waals surface area (Å²) < 4.78 is 0. The number of hydrogen-bond donors (Lipinski definition) is 1. The van der Waals surface area contributed by atoms with E-state index in [1.165, 1.54) is 11.3 Å². The molecule has 4 rings (SSSR count). The van der Waals surface area contributed by atoms with Crippen LogP contribution in [0.15, 0.2) is 30.3 Å². The van der Waals surface area contributed by atoms with Gasteiger partial charge in [0.15, 0.2) is 0 Å². The van der Waals surface area contributed by atoms with Crippen LogP contribution in [0.25, 0.3) is 10.4 Å². The van der Waals surface area contributed by atoms with Crippen LogP contribution in [0.4, 0.5) is 0 Å². The SMILES string of the molecule is Cc1nc(C(=O)N2C[C@@H]3CC(C)C[C@@H]3[C@H]2C(N)=O)c(-c2ccccc2)s1. The molecule has 1 unspecified atom stereocenters. The van der Waals surface area contributed by atoms with Gasteiger partial charge in [0.25, 0.3) is 5.91 Å². The molecule has 2 amide bonds. The van der Waals surface area contributed by atoms with Crippen LogP contribution in [0, 0.1) is 24.7 Å². The van der Waals surface area contributed by atoms with Crippen LogP contribution in [-0.4, -0.2) is 34.3 Å². The molecule has 6 heteroatoms. The second-order valence-corrected chi connectivity index (χ2v) is 8.79. The van der Waals surface area contributed by atoms with Crippen LogP contribution in [0.2, 0.25) is 0 Å². The highest BCUT2D eigenvalue weighted by Gasteiger charge is 2.51. The van der Waals surface area contributed by atoms with Crippen molar-refractivity contribution in [3.05, 3.63) is 41.0 Å². The fraction of sp³-hybridized carbons (Fsp3) is 0.450. The van der Waals surface area contributed by atoms with E-state index in [-0.39, 0.29) is 11.8 Å². The molecule has 2 heterocycles. The molecule has 0 spiro atoms. The van der Waals surface area contributed by atoms with Crippen LogP contribution in [0.1, 0.15) is 35.3 Å². The number of fused-ring (bicyclic) bond motifs is 1. The van der Waals surface area contributed by atoms with Crippen LogP contribution in [-0.2, 0) is 4.79 Å². The average molecular weight is 369 g/mol. The zero-order valence-electron chi connectivity index (χ0n) is 15.0. The lowest BCUT2D eigenvalue weighted by Gasteiger charge is -2.25. The zero-order valence-corrected chi connectivity index (χ0v) is 15.8. The maximum Gasteiger partial charge on any atom is 0.274 e. The number of hydrogen-bond acceptors (Lipinski definition) is 4. The second-order valence-electron chi connectivity index (χ2n) is 7.58. The lowest BCUT2D eigenvalue weighted by molar-refractivity contribution is -0.122. The third kappa shape index (κ3) is 2.82. The Hall–Kier alpha value is -2.21. The third-order valence-electron chi connectivity index (χ3n) is 5.68. The van der Waals surface area contributed by atoms with Gasteiger partial charge in [-0.1, -0.05) is 37.3 Å². The monoisotopic (exact) mass is 369 g/mol. The summed E-state index contributed by atoms with van der Waals surface area (Å²) >= 11 is 1.51. The van der Waals surface area contributed by atoms with Crippen LogP contribution >= 0.6 is 11.3 Å². The van der Waals surface area contributed by atoms with E-state index in [0.717, 1.165) is 28.3 Å². The quantitative estimate of drug-likeness (QED) is 0.903. The van der Waals surface area contributed by atoms with Gasteiger partial charge in [0.05, 0.1) is 9.88 Å². The number of nitrogens with two attached hydrogens (primary N) is 1. The number of rotatable bonds is 3. The summed E-state index contributed by atoms with van der Waals surface area (Å²) in [6.07, 6.45) is 2.02. The number of benzene rings is 1. The second kappa shape index (κ2) is 6.50. The summed E-state index contributed by atoms with van der Waals surface area (Å²) in [6, 6.07) is 9.30. The first kappa shape index (κ1) is 17.2. The molecule has 5 nitrogen and oxygen atoms in total. The smallest absolute Gasteiger partial charge is 0.274 e. The summed E-state index contributed by atoms with van der Waals surface area (Å²) in [6.45, 7) is 4.71. The normalized spacial score (nSPS) is 27.5. The summed E-state index contributed by atoms with van der Waals surface area (Å²) in [5, 5.41) is 0.843. The van der Waals surface area contributed by atoms with Crippen molar-refractivity contribution in [3.8, 4) is 10.4 Å². The largest absolute Gasteiger partial charge is 0.368 e. The van der Waals surface area contributed by atoms with E-state index >= 15 is 0 Å². The van der Waals surface area contributed by atoms with Gasteiger partial charge in [-0.05, 0) is 43.1 Å². The molecule has 136 valence electrons. The average Bonchev–Trinajstić information content (AvgIpc) is 3.26. The predicted molar refractivity (Wildman–Crippen MR) is 102 cm³/mol. The standard InChI is InChI=1S/C20H23N3O2S/c1-11-8-14-10-23(17(19(21)24)15(14)9-11)20(25)16-18(26-12(2)22-16)13-6-4-3-5-7-13/h3-7,11,14-15,17H,8-10H2,1-2H3,(H2,21,24)/t11?,14-,15-,17-/m0/s1. The molecule has 2 fully saturated rings. The number of aryl methyl sites for hydroxylation is 1. The minimum absolute atomic E-state index is 0.168. The Balaban J connectivity index is 1.69. The van der Waals surface area contributed by atoms with E-state index in [9.17, 15) is 9.59 Å². The minimum atomic E-state index is -0.511. The van der Waals surface area contributed by atoms with Crippen molar-refractivity contribution in [2.45, 2.75) is 32.7 Å². The number of nitrogens with zero attached hydrogens (tertiary/aromatic N) is 2. The van der Waals surface area contributed by atoms with Gasteiger partial charge in [0.1, 0.15) is 11.7 Å². The lowest BCUT2D eigenvalue weighted by atomic mass is 9.93. The first-order valence-electron chi connectivity index (χ1n) is 9.09. The molecule has 1 aliphatic carbocycles. The number of aromatic nitrogens is 1. The Labute approximate surface area is 157 Å². The fourth-order valence-corrected chi connectivity index (χ4v) is 5.62. The Kier molecular flexibility index (Phi) is 4.31. The molecule has 1 aliphatic heterocycles. The van der Waals surface area contributed by atoms with E-state index in [2.05, 4.69) is 11.9 Å². The topological polar surface area (TPSA) is 76.3 Å². The molecular weight excluding hydrogens is 346 g/mol. The van der Waals surface area contributed by atoms with E-state index in [4.69, 9.17) is 5.73 Å². The molecule has 1 aromatic carbocycles. The fourth-order valence-electron chi connectivity index (χ4n) is 4.71. The number of likely N-dealkylation sites (tertiary alicyclic amines) is 1. The van der Waals surface area contributed by atoms with Crippen molar-refractivity contribution in [1.29, 1.82) is 0 Å². The highest BCUT2D eigenvalue weighted by atomic mass is 32.1. The first-order valence-corrected chi connectivity index (χ1v) is 9.90. The highest BCUT2D eigenvalue weighted by molar-refractivity contribution is 7.15. The number of primary amides is 1. The van der Waals surface area contributed by atoms with Gasteiger partial charge in [-0.25, -0.2) is 4.98 Å². The van der Waals surface area contributed by atoms with Gasteiger partial charge in [0.2, 0.25) is 5.91 Å². The molecule has 4 atom stereocenters. The molecular formula is C20H23N3O2S. The summed E-state index contributed by atoms with van der Waals surface area (Å²) in [5.74, 6) is 0.579. The van der Waals surface area contributed by atoms with Crippen molar-refractivity contribution in [2.75, 3.05) is 6.54 Å². The van der Waals surface area contributed by atoms with Crippen molar-refractivity contribution in [3.63, 3.8) is 0 Å². The van der Waals surface area contributed by atoms with E-state index in [0.29, 0.717) is 24.1 Å². The van der Waals surface area contributed by atoms with Crippen LogP contribution in [0.5, 0.6) is 0 Å². The minimum Gasteiger partial charge on any atom is -0.368 e. The van der Waals surface area contributed by atoms with Crippen molar-refractivity contribution >= 4 is 23.2 Å². The van der Waals surface area contributed by atoms with Gasteiger partial charge >= 0.3 is 0 Å². The maximum atomic E-state index is 13.3. The molecule has 0 radical (unpaired) electrons. The number of amides is 2. The van der Waals surface area contributed by atoms with E-state index in [1.807, 2.05) is 37.3 Å². The molecule has 1 saturated heterocycles. The maximum absolute atomic E-state index is 13.3. The Bertz CT molecular complexity index is 848. The number of carbonyl (C=O) groups is 2. The Morgan fingerprint density at radius 3 is 2.65 bits per heavy atom. The van der Waals surface area contributed by atoms with Crippen molar-refractivity contribution < 1.29 is 9.59 Å². The Morgan fingerprint density at radius 1 is 1.23 bits per heavy atom. The summed E-state index contributed by atoms with van der Waals surface area (Å²) in [7, 11) is 0. The molecule has 2 aromatic rings. The van der Waals surface area contributed by atoms with E-state index in [1.54, 1.807) is 4.90 Å². The van der Waals surface area contributed by atoms with Gasteiger partial charge in [-0.15, -0.1) is 11.3 Å². The summed E-state index contributed by atoms with van der Waals surface area (Å²) in [4.78, 5) is 32.6. The molecule has 1 aromatic heterocycles. The van der Waals surface area contributed by atoms with Gasteiger partial charge < -0.3 is 10.6 Å². The van der Waals surface area contributed by atoms with E-state index < -0.39 is 11.9 Å². The summed E-state index contributed by atoms with van der Waals surface area (Å²) in [5.41, 5.74) is 7.13. The predicted octanol–water partition coefficient (Wildman–Crippen LogP) is 3.09. The Morgan fingerprint density at radius 2 is 1.96 bits per heavy atom. The highest BCUT2D eigenvalue weighted by Crippen LogP contribution is 2.45. The van der Waals surface area contributed by atoms with Crippen LogP contribution in [0.3, 0.4) is 0 Å². The number of carbonyl (C=O) groups excluding carboxylic acids is 2. The van der Waals surface area contributed by atoms with Gasteiger partial charge in [-0.3, -0.25) is 9.59 Å². The van der Waals surface area contributed by atoms with Crippen LogP contribution < -0.4 is 5.73 Å². The molecule has 26 heavy (non-hydrogen) atoms. The van der Waals surface area contributed by atoms with Gasteiger partial charge in [0, 0.05) is 6.54 Å². The van der Waals surface area contributed by atoms with Gasteiger partial charge in [-0.2, -0.15) is 0 Å². The van der Waals surface area contributed by atoms with Crippen molar-refractivity contribution in [1.82, 2.24) is 9.88 Å². The number of thiazole rings is 1. The zero-order chi connectivity index (χ0) is 18.4. The molecule has 0 bridgehead atoms. The molecule has 1 saturated carbocycles. The van der Waals surface area contributed by atoms with Crippen molar-refractivity contribution in [2.24, 2.45) is 23.5 Å². The first-order chi connectivity index (χ1) is 12.5. The third-order valence-corrected chi connectivity index (χ3v) is 6.70. The lowest BCUT2D eigenvalue weighted by Crippen LogP contribution is -2.46. The molecule has 2 N–H and O–H groups in total. The molecule has 2 aliphatic rings.